The summed E-state index contributed by atoms with van der Waals surface area (Å²) in [6.45, 7) is 3.88. The number of hydrogen-bond acceptors (Lipinski definition) is 3. The summed E-state index contributed by atoms with van der Waals surface area (Å²) in [5, 5.41) is 3.82. The van der Waals surface area contributed by atoms with E-state index >= 15 is 0 Å². The molecular formula is C23H29NO2S. The van der Waals surface area contributed by atoms with E-state index in [0.717, 1.165) is 55.9 Å². The molecule has 1 fully saturated rings. The van der Waals surface area contributed by atoms with Crippen molar-refractivity contribution in [2.24, 2.45) is 0 Å². The van der Waals surface area contributed by atoms with Crippen molar-refractivity contribution < 1.29 is 9.53 Å². The van der Waals surface area contributed by atoms with Gasteiger partial charge in [0.15, 0.2) is 0 Å². The van der Waals surface area contributed by atoms with Crippen LogP contribution < -0.4 is 5.32 Å². The second-order valence-corrected chi connectivity index (χ2v) is 8.35. The van der Waals surface area contributed by atoms with E-state index in [1.807, 2.05) is 54.2 Å². The minimum Gasteiger partial charge on any atom is -0.381 e. The molecule has 144 valence electrons. The van der Waals surface area contributed by atoms with Gasteiger partial charge in [-0.3, -0.25) is 4.79 Å². The van der Waals surface area contributed by atoms with Crippen molar-refractivity contribution in [1.29, 1.82) is 0 Å². The monoisotopic (exact) mass is 383 g/mol. The van der Waals surface area contributed by atoms with Gasteiger partial charge in [-0.1, -0.05) is 55.8 Å². The van der Waals surface area contributed by atoms with Gasteiger partial charge in [0.25, 0.3) is 0 Å². The zero-order valence-electron chi connectivity index (χ0n) is 16.0. The molecular weight excluding hydrogens is 354 g/mol. The zero-order chi connectivity index (χ0) is 18.9. The summed E-state index contributed by atoms with van der Waals surface area (Å²) in [6.07, 6.45) is 4.11. The molecule has 3 rings (SSSR count). The average molecular weight is 384 g/mol. The highest BCUT2D eigenvalue weighted by Gasteiger charge is 2.20. The summed E-state index contributed by atoms with van der Waals surface area (Å²) in [5.41, 5.74) is 3.24. The largest absolute Gasteiger partial charge is 0.381 e. The zero-order valence-corrected chi connectivity index (χ0v) is 16.8. The second-order valence-electron chi connectivity index (χ2n) is 7.06. The van der Waals surface area contributed by atoms with Gasteiger partial charge in [0.05, 0.1) is 5.92 Å². The maximum Gasteiger partial charge on any atom is 0.231 e. The van der Waals surface area contributed by atoms with Crippen molar-refractivity contribution in [3.63, 3.8) is 0 Å². The lowest BCUT2D eigenvalue weighted by Gasteiger charge is -2.21. The smallest absolute Gasteiger partial charge is 0.231 e. The highest BCUT2D eigenvalue weighted by atomic mass is 32.2. The maximum absolute atomic E-state index is 12.9. The lowest BCUT2D eigenvalue weighted by atomic mass is 9.93. The number of nitrogens with one attached hydrogen (secondary N) is 1. The number of carbonyl (C=O) groups excluding carboxylic acids is 1. The minimum absolute atomic E-state index is 0.0808. The number of anilines is 1. The molecule has 2 aromatic carbocycles. The molecule has 0 spiro atoms. The molecule has 27 heavy (non-hydrogen) atoms. The van der Waals surface area contributed by atoms with E-state index in [1.165, 1.54) is 5.56 Å². The summed E-state index contributed by atoms with van der Waals surface area (Å²) in [5.74, 6) is 0.958. The molecule has 1 aliphatic rings. The molecule has 1 saturated heterocycles. The van der Waals surface area contributed by atoms with Crippen LogP contribution in [0.15, 0.2) is 54.6 Å². The molecule has 0 saturated carbocycles. The standard InChI is InChI=1S/C23H29NO2S/c1-2-7-22(19-9-4-3-5-10-19)23(25)24-20-11-6-8-18(16-20)17-27-21-12-14-26-15-13-21/h3-6,8-11,16,21-22H,2,7,12-15,17H2,1H3,(H,24,25). The van der Waals surface area contributed by atoms with Crippen molar-refractivity contribution in [2.75, 3.05) is 18.5 Å². The van der Waals surface area contributed by atoms with E-state index in [1.54, 1.807) is 0 Å². The van der Waals surface area contributed by atoms with E-state index in [0.29, 0.717) is 5.25 Å². The summed E-state index contributed by atoms with van der Waals surface area (Å²) >= 11 is 2.00. The molecule has 0 aliphatic carbocycles. The molecule has 1 unspecified atom stereocenters. The van der Waals surface area contributed by atoms with Crippen LogP contribution >= 0.6 is 11.8 Å². The van der Waals surface area contributed by atoms with Crippen molar-refractivity contribution in [3.05, 3.63) is 65.7 Å². The molecule has 1 heterocycles. The Morgan fingerprint density at radius 2 is 1.93 bits per heavy atom. The summed E-state index contributed by atoms with van der Waals surface area (Å²) in [7, 11) is 0. The molecule has 1 amide bonds. The van der Waals surface area contributed by atoms with Crippen LogP contribution in [0.1, 0.15) is 49.7 Å². The van der Waals surface area contributed by atoms with Gasteiger partial charge in [-0.2, -0.15) is 11.8 Å². The minimum atomic E-state index is -0.100. The third kappa shape index (κ3) is 6.12. The molecule has 0 aromatic heterocycles. The first-order valence-electron chi connectivity index (χ1n) is 9.90. The fraction of sp³-hybridized carbons (Fsp3) is 0.435. The lowest BCUT2D eigenvalue weighted by molar-refractivity contribution is -0.117. The number of hydrogen-bond donors (Lipinski definition) is 1. The first-order valence-corrected chi connectivity index (χ1v) is 10.9. The molecule has 0 radical (unpaired) electrons. The third-order valence-electron chi connectivity index (χ3n) is 4.94. The topological polar surface area (TPSA) is 38.3 Å². The number of ether oxygens (including phenoxy) is 1. The Bertz CT molecular complexity index is 713. The Kier molecular flexibility index (Phi) is 7.79. The van der Waals surface area contributed by atoms with Crippen LogP contribution in [0, 0.1) is 0 Å². The molecule has 4 heteroatoms. The van der Waals surface area contributed by atoms with Gasteiger partial charge < -0.3 is 10.1 Å². The number of thioether (sulfide) groups is 1. The third-order valence-corrected chi connectivity index (χ3v) is 6.39. The van der Waals surface area contributed by atoms with E-state index in [2.05, 4.69) is 24.4 Å². The number of amides is 1. The van der Waals surface area contributed by atoms with Crippen LogP contribution in [0.3, 0.4) is 0 Å². The summed E-state index contributed by atoms with van der Waals surface area (Å²) in [4.78, 5) is 12.9. The predicted molar refractivity (Wildman–Crippen MR) is 114 cm³/mol. The molecule has 1 atom stereocenters. The van der Waals surface area contributed by atoms with E-state index in [-0.39, 0.29) is 11.8 Å². The van der Waals surface area contributed by atoms with Crippen molar-refractivity contribution in [2.45, 2.75) is 49.5 Å². The van der Waals surface area contributed by atoms with Gasteiger partial charge in [-0.05, 0) is 42.5 Å². The molecule has 3 nitrogen and oxygen atoms in total. The number of benzene rings is 2. The van der Waals surface area contributed by atoms with Crippen LogP contribution in [0.2, 0.25) is 0 Å². The fourth-order valence-corrected chi connectivity index (χ4v) is 4.58. The first-order chi connectivity index (χ1) is 13.3. The SMILES string of the molecule is CCCC(C(=O)Nc1cccc(CSC2CCOCC2)c1)c1ccccc1. The lowest BCUT2D eigenvalue weighted by Crippen LogP contribution is -2.21. The second kappa shape index (κ2) is 10.5. The van der Waals surface area contributed by atoms with Crippen molar-refractivity contribution >= 4 is 23.4 Å². The Morgan fingerprint density at radius 3 is 2.67 bits per heavy atom. The van der Waals surface area contributed by atoms with Gasteiger partial charge in [0.2, 0.25) is 5.91 Å². The van der Waals surface area contributed by atoms with E-state index in [9.17, 15) is 4.79 Å². The van der Waals surface area contributed by atoms with Gasteiger partial charge >= 0.3 is 0 Å². The maximum atomic E-state index is 12.9. The van der Waals surface area contributed by atoms with Gasteiger partial charge in [-0.25, -0.2) is 0 Å². The van der Waals surface area contributed by atoms with Crippen LogP contribution in [0.4, 0.5) is 5.69 Å². The molecule has 1 aliphatic heterocycles. The predicted octanol–water partition coefficient (Wildman–Crippen LogP) is 5.62. The Labute approximate surface area is 166 Å². The van der Waals surface area contributed by atoms with Crippen LogP contribution in [0.5, 0.6) is 0 Å². The quantitative estimate of drug-likeness (QED) is 0.643. The van der Waals surface area contributed by atoms with Gasteiger partial charge in [0.1, 0.15) is 0 Å². The number of rotatable bonds is 8. The summed E-state index contributed by atoms with van der Waals surface area (Å²) in [6, 6.07) is 18.3. The van der Waals surface area contributed by atoms with Crippen LogP contribution in [-0.2, 0) is 15.3 Å². The van der Waals surface area contributed by atoms with Crippen molar-refractivity contribution in [1.82, 2.24) is 0 Å². The highest BCUT2D eigenvalue weighted by molar-refractivity contribution is 7.99. The fourth-order valence-electron chi connectivity index (χ4n) is 3.45. The Hall–Kier alpha value is -1.78. The van der Waals surface area contributed by atoms with E-state index in [4.69, 9.17) is 4.74 Å². The Morgan fingerprint density at radius 1 is 1.15 bits per heavy atom. The van der Waals surface area contributed by atoms with Crippen LogP contribution in [0.25, 0.3) is 0 Å². The van der Waals surface area contributed by atoms with Crippen molar-refractivity contribution in [3.8, 4) is 0 Å². The normalized spacial score (nSPS) is 16.0. The molecule has 1 N–H and O–H groups in total. The van der Waals surface area contributed by atoms with Gasteiger partial charge in [-0.15, -0.1) is 0 Å². The number of carbonyl (C=O) groups is 1. The Balaban J connectivity index is 1.61. The van der Waals surface area contributed by atoms with E-state index < -0.39 is 0 Å². The molecule has 2 aromatic rings. The first kappa shape index (κ1) is 20.0. The summed E-state index contributed by atoms with van der Waals surface area (Å²) < 4.78 is 5.43. The van der Waals surface area contributed by atoms with Crippen LogP contribution in [-0.4, -0.2) is 24.4 Å². The molecule has 0 bridgehead atoms. The average Bonchev–Trinajstić information content (AvgIpc) is 2.72. The van der Waals surface area contributed by atoms with Gasteiger partial charge in [0, 0.05) is 29.9 Å². The highest BCUT2D eigenvalue weighted by Crippen LogP contribution is 2.27.